The second kappa shape index (κ2) is 13.2. The zero-order chi connectivity index (χ0) is 32.3. The molecule has 4 rings (SSSR count). The minimum absolute atomic E-state index is 0.0647. The quantitative estimate of drug-likeness (QED) is 0.271. The third kappa shape index (κ3) is 7.28. The average Bonchev–Trinajstić information content (AvgIpc) is 3.37. The standard InChI is InChI=1S/C31H40F3N7O3/c1-18(35)6-7-25(36)22-8-9-41-26(22)15-23(29(42)37-16-24-27(44-5)14-19(2)38-30(24)43)20(3)28(41)21(4)40-12-10-39(11-13-40)17-31(32,33)34/h6-9,14-15,21H,10-13,16-17,35-36H2,1-5H3,(H,37,42)(H,38,43)/b18-6-,25-7-. The van der Waals surface area contributed by atoms with Crippen LogP contribution in [0.2, 0.25) is 0 Å². The fourth-order valence-corrected chi connectivity index (χ4v) is 5.71. The number of alkyl halides is 3. The highest BCUT2D eigenvalue weighted by atomic mass is 19.4. The van der Waals surface area contributed by atoms with E-state index in [-0.39, 0.29) is 36.8 Å². The van der Waals surface area contributed by atoms with E-state index >= 15 is 0 Å². The first-order valence-corrected chi connectivity index (χ1v) is 14.3. The van der Waals surface area contributed by atoms with Gasteiger partial charge in [0.25, 0.3) is 11.5 Å². The Morgan fingerprint density at radius 2 is 1.82 bits per heavy atom. The molecule has 1 unspecified atom stereocenters. The lowest BCUT2D eigenvalue weighted by molar-refractivity contribution is -0.149. The van der Waals surface area contributed by atoms with Crippen LogP contribution in [0.25, 0.3) is 11.2 Å². The van der Waals surface area contributed by atoms with Crippen LogP contribution in [0, 0.1) is 13.8 Å². The second-order valence-electron chi connectivity index (χ2n) is 11.2. The molecule has 0 saturated carbocycles. The second-order valence-corrected chi connectivity index (χ2v) is 11.2. The number of methoxy groups -OCH3 is 1. The summed E-state index contributed by atoms with van der Waals surface area (Å²) in [4.78, 5) is 32.6. The number of aromatic amines is 1. The molecule has 1 atom stereocenters. The molecular formula is C31H40F3N7O3. The SMILES string of the molecule is COc1cc(C)[nH]c(=O)c1CNC(=O)c1cc2c(/C(N)=C/C=C(/C)N)ccn2c(C(C)N2CCN(CC(F)(F)F)CC2)c1C. The molecule has 1 aliphatic heterocycles. The van der Waals surface area contributed by atoms with Gasteiger partial charge in [-0.2, -0.15) is 13.2 Å². The number of nitrogens with one attached hydrogen (secondary N) is 2. The summed E-state index contributed by atoms with van der Waals surface area (Å²) in [6.07, 6.45) is 1.01. The number of rotatable bonds is 9. The zero-order valence-corrected chi connectivity index (χ0v) is 25.6. The number of aryl methyl sites for hydroxylation is 1. The van der Waals surface area contributed by atoms with E-state index in [4.69, 9.17) is 16.2 Å². The number of nitrogens with zero attached hydrogens (tertiary/aromatic N) is 3. The molecule has 1 saturated heterocycles. The number of aromatic nitrogens is 2. The topological polar surface area (TPSA) is 134 Å². The first-order valence-electron chi connectivity index (χ1n) is 14.3. The number of hydrogen-bond acceptors (Lipinski definition) is 7. The van der Waals surface area contributed by atoms with E-state index in [0.29, 0.717) is 58.1 Å². The largest absolute Gasteiger partial charge is 0.496 e. The third-order valence-electron chi connectivity index (χ3n) is 7.96. The molecule has 0 spiro atoms. The number of H-pyrrole nitrogens is 1. The van der Waals surface area contributed by atoms with Crippen LogP contribution in [0.4, 0.5) is 13.2 Å². The molecule has 6 N–H and O–H groups in total. The van der Waals surface area contributed by atoms with Crippen molar-refractivity contribution >= 4 is 17.1 Å². The van der Waals surface area contributed by atoms with E-state index in [1.54, 1.807) is 38.1 Å². The predicted octanol–water partition coefficient (Wildman–Crippen LogP) is 3.59. The Hall–Kier alpha value is -4.23. The number of nitrogens with two attached hydrogens (primary N) is 2. The first kappa shape index (κ1) is 32.7. The number of amides is 1. The molecule has 4 heterocycles. The van der Waals surface area contributed by atoms with Gasteiger partial charge in [0.1, 0.15) is 5.75 Å². The van der Waals surface area contributed by atoms with Crippen molar-refractivity contribution in [3.05, 3.63) is 86.2 Å². The van der Waals surface area contributed by atoms with Gasteiger partial charge in [-0.3, -0.25) is 19.4 Å². The molecule has 238 valence electrons. The van der Waals surface area contributed by atoms with Crippen LogP contribution in [0.1, 0.15) is 58.3 Å². The average molecular weight is 616 g/mol. The summed E-state index contributed by atoms with van der Waals surface area (Å²) >= 11 is 0. The Morgan fingerprint density at radius 3 is 2.43 bits per heavy atom. The Kier molecular flexibility index (Phi) is 9.79. The minimum Gasteiger partial charge on any atom is -0.496 e. The lowest BCUT2D eigenvalue weighted by Gasteiger charge is -2.39. The summed E-state index contributed by atoms with van der Waals surface area (Å²) in [5, 5.41) is 2.86. The van der Waals surface area contributed by atoms with E-state index in [0.717, 1.165) is 5.69 Å². The van der Waals surface area contributed by atoms with Crippen LogP contribution in [0.3, 0.4) is 0 Å². The molecule has 0 aliphatic carbocycles. The highest BCUT2D eigenvalue weighted by Crippen LogP contribution is 2.32. The Labute approximate surface area is 254 Å². The summed E-state index contributed by atoms with van der Waals surface area (Å²) in [7, 11) is 1.46. The van der Waals surface area contributed by atoms with Crippen LogP contribution in [-0.4, -0.2) is 71.1 Å². The van der Waals surface area contributed by atoms with Gasteiger partial charge in [0.05, 0.1) is 31.3 Å². The maximum Gasteiger partial charge on any atom is 0.401 e. The Balaban J connectivity index is 1.74. The summed E-state index contributed by atoms with van der Waals surface area (Å²) in [6, 6.07) is 5.06. The molecule has 1 amide bonds. The summed E-state index contributed by atoms with van der Waals surface area (Å²) in [6.45, 7) is 7.73. The van der Waals surface area contributed by atoms with Crippen LogP contribution < -0.4 is 27.1 Å². The Morgan fingerprint density at radius 1 is 1.14 bits per heavy atom. The number of ether oxygens (including phenoxy) is 1. The highest BCUT2D eigenvalue weighted by Gasteiger charge is 2.34. The maximum atomic E-state index is 13.7. The van der Waals surface area contributed by atoms with Gasteiger partial charge in [0.2, 0.25) is 0 Å². The van der Waals surface area contributed by atoms with Gasteiger partial charge in [-0.15, -0.1) is 0 Å². The van der Waals surface area contributed by atoms with E-state index in [1.165, 1.54) is 12.0 Å². The van der Waals surface area contributed by atoms with Gasteiger partial charge in [-0.1, -0.05) is 0 Å². The highest BCUT2D eigenvalue weighted by molar-refractivity contribution is 5.98. The molecule has 0 bridgehead atoms. The van der Waals surface area contributed by atoms with Gasteiger partial charge in [-0.25, -0.2) is 0 Å². The smallest absolute Gasteiger partial charge is 0.401 e. The van der Waals surface area contributed by atoms with Gasteiger partial charge < -0.3 is 30.9 Å². The van der Waals surface area contributed by atoms with Gasteiger partial charge >= 0.3 is 6.18 Å². The number of pyridine rings is 2. The number of carbonyl (C=O) groups is 1. The van der Waals surface area contributed by atoms with Crippen molar-refractivity contribution in [2.75, 3.05) is 39.8 Å². The van der Waals surface area contributed by atoms with Crippen molar-refractivity contribution < 1.29 is 22.7 Å². The number of halogens is 3. The van der Waals surface area contributed by atoms with Crippen LogP contribution in [0.5, 0.6) is 5.75 Å². The molecule has 13 heteroatoms. The van der Waals surface area contributed by atoms with E-state index in [1.807, 2.05) is 30.5 Å². The minimum atomic E-state index is -4.25. The predicted molar refractivity (Wildman–Crippen MR) is 164 cm³/mol. The molecular weight excluding hydrogens is 575 g/mol. The molecule has 1 aliphatic rings. The van der Waals surface area contributed by atoms with Crippen molar-refractivity contribution in [2.45, 2.75) is 46.5 Å². The summed E-state index contributed by atoms with van der Waals surface area (Å²) in [5.74, 6) is -0.0318. The Bertz CT molecular complexity index is 1640. The number of allylic oxidation sites excluding steroid dienone is 3. The normalized spacial score (nSPS) is 16.4. The van der Waals surface area contributed by atoms with Crippen molar-refractivity contribution in [3.8, 4) is 5.75 Å². The van der Waals surface area contributed by atoms with Crippen molar-refractivity contribution in [2.24, 2.45) is 11.5 Å². The van der Waals surface area contributed by atoms with Crippen LogP contribution in [0.15, 0.2) is 47.0 Å². The van der Waals surface area contributed by atoms with Gasteiger partial charge in [0, 0.05) is 72.3 Å². The first-order chi connectivity index (χ1) is 20.7. The third-order valence-corrected chi connectivity index (χ3v) is 7.96. The summed E-state index contributed by atoms with van der Waals surface area (Å²) < 4.78 is 46.3. The molecule has 0 radical (unpaired) electrons. The van der Waals surface area contributed by atoms with E-state index in [2.05, 4.69) is 15.2 Å². The van der Waals surface area contributed by atoms with Gasteiger partial charge in [0.15, 0.2) is 0 Å². The fourth-order valence-electron chi connectivity index (χ4n) is 5.71. The number of fused-ring (bicyclic) bond motifs is 1. The van der Waals surface area contributed by atoms with Crippen LogP contribution in [-0.2, 0) is 6.54 Å². The molecule has 1 fully saturated rings. The maximum absolute atomic E-state index is 13.7. The van der Waals surface area contributed by atoms with E-state index in [9.17, 15) is 22.8 Å². The number of piperazine rings is 1. The number of hydrogen-bond donors (Lipinski definition) is 4. The molecule has 3 aromatic rings. The monoisotopic (exact) mass is 615 g/mol. The van der Waals surface area contributed by atoms with Crippen LogP contribution >= 0.6 is 0 Å². The number of carbonyl (C=O) groups excluding carboxylic acids is 1. The van der Waals surface area contributed by atoms with Gasteiger partial charge in [-0.05, 0) is 63.6 Å². The molecule has 10 nitrogen and oxygen atoms in total. The molecule has 0 aromatic carbocycles. The molecule has 44 heavy (non-hydrogen) atoms. The lowest BCUT2D eigenvalue weighted by atomic mass is 9.99. The lowest BCUT2D eigenvalue weighted by Crippen LogP contribution is -2.49. The molecule has 3 aromatic heterocycles. The zero-order valence-electron chi connectivity index (χ0n) is 25.6. The van der Waals surface area contributed by atoms with Crippen molar-refractivity contribution in [1.29, 1.82) is 0 Å². The van der Waals surface area contributed by atoms with Crippen molar-refractivity contribution in [3.63, 3.8) is 0 Å². The fraction of sp³-hybridized carbons (Fsp3) is 0.419. The van der Waals surface area contributed by atoms with Crippen molar-refractivity contribution in [1.82, 2.24) is 24.5 Å². The summed E-state index contributed by atoms with van der Waals surface area (Å²) in [5.41, 5.74) is 17.1. The van der Waals surface area contributed by atoms with E-state index < -0.39 is 18.6 Å².